The van der Waals surface area contributed by atoms with Gasteiger partial charge < -0.3 is 19.5 Å². The lowest BCUT2D eigenvalue weighted by atomic mass is 10.1. The average molecular weight is 300 g/mol. The number of amides is 1. The van der Waals surface area contributed by atoms with Crippen molar-refractivity contribution in [2.45, 2.75) is 25.0 Å². The summed E-state index contributed by atoms with van der Waals surface area (Å²) in [5.41, 5.74) is 0. The van der Waals surface area contributed by atoms with Crippen molar-refractivity contribution >= 4 is 17.8 Å². The van der Waals surface area contributed by atoms with Crippen LogP contribution in [-0.2, 0) is 23.9 Å². The molecule has 0 radical (unpaired) electrons. The number of carbonyl (C=O) groups is 3. The van der Waals surface area contributed by atoms with Gasteiger partial charge in [-0.1, -0.05) is 0 Å². The summed E-state index contributed by atoms with van der Waals surface area (Å²) in [6, 6.07) is 0. The molecule has 0 bridgehead atoms. The number of carboxylic acids is 1. The third-order valence-corrected chi connectivity index (χ3v) is 3.83. The number of ether oxygens (including phenoxy) is 2. The molecule has 118 valence electrons. The van der Waals surface area contributed by atoms with E-state index in [0.29, 0.717) is 39.0 Å². The molecule has 1 amide bonds. The third kappa shape index (κ3) is 3.92. The van der Waals surface area contributed by atoms with Gasteiger partial charge in [-0.3, -0.25) is 14.5 Å². The second kappa shape index (κ2) is 6.86. The highest BCUT2D eigenvalue weighted by molar-refractivity contribution is 5.83. The minimum Gasteiger partial charge on any atom is -0.479 e. The van der Waals surface area contributed by atoms with Crippen LogP contribution in [0, 0.1) is 0 Å². The highest BCUT2D eigenvalue weighted by Crippen LogP contribution is 2.22. The van der Waals surface area contributed by atoms with E-state index in [9.17, 15) is 14.4 Å². The van der Waals surface area contributed by atoms with Gasteiger partial charge in [0.1, 0.15) is 6.10 Å². The SMILES string of the molecule is COC(=O)CN1CCN(C(=O)[C@@H]2CC[C@H](C(=O)O)O2)CC1. The quantitative estimate of drug-likeness (QED) is 0.661. The molecule has 21 heavy (non-hydrogen) atoms. The molecule has 2 aliphatic rings. The molecule has 2 aliphatic heterocycles. The van der Waals surface area contributed by atoms with E-state index in [1.165, 1.54) is 7.11 Å². The molecule has 0 aromatic heterocycles. The molecule has 2 heterocycles. The Morgan fingerprint density at radius 3 is 2.29 bits per heavy atom. The van der Waals surface area contributed by atoms with Crippen molar-refractivity contribution in [2.75, 3.05) is 39.8 Å². The van der Waals surface area contributed by atoms with Crippen LogP contribution in [0.1, 0.15) is 12.8 Å². The van der Waals surface area contributed by atoms with Crippen LogP contribution in [0.2, 0.25) is 0 Å². The van der Waals surface area contributed by atoms with E-state index in [1.807, 2.05) is 4.90 Å². The fourth-order valence-electron chi connectivity index (χ4n) is 2.58. The number of piperazine rings is 1. The zero-order chi connectivity index (χ0) is 15.4. The lowest BCUT2D eigenvalue weighted by molar-refractivity contribution is -0.155. The maximum Gasteiger partial charge on any atom is 0.332 e. The van der Waals surface area contributed by atoms with Gasteiger partial charge in [-0.2, -0.15) is 0 Å². The average Bonchev–Trinajstić information content (AvgIpc) is 2.97. The van der Waals surface area contributed by atoms with Gasteiger partial charge in [0.25, 0.3) is 5.91 Å². The monoisotopic (exact) mass is 300 g/mol. The maximum absolute atomic E-state index is 12.3. The molecule has 8 nitrogen and oxygen atoms in total. The van der Waals surface area contributed by atoms with Crippen LogP contribution < -0.4 is 0 Å². The molecular weight excluding hydrogens is 280 g/mol. The Morgan fingerprint density at radius 1 is 1.14 bits per heavy atom. The number of methoxy groups -OCH3 is 1. The number of hydrogen-bond donors (Lipinski definition) is 1. The predicted molar refractivity (Wildman–Crippen MR) is 70.6 cm³/mol. The summed E-state index contributed by atoms with van der Waals surface area (Å²) in [4.78, 5) is 37.8. The van der Waals surface area contributed by atoms with E-state index in [0.717, 1.165) is 0 Å². The summed E-state index contributed by atoms with van der Waals surface area (Å²) >= 11 is 0. The Hall–Kier alpha value is -1.67. The lowest BCUT2D eigenvalue weighted by Gasteiger charge is -2.35. The number of carbonyl (C=O) groups excluding carboxylic acids is 2. The zero-order valence-corrected chi connectivity index (χ0v) is 12.0. The fraction of sp³-hybridized carbons (Fsp3) is 0.769. The van der Waals surface area contributed by atoms with Gasteiger partial charge in [-0.25, -0.2) is 4.79 Å². The largest absolute Gasteiger partial charge is 0.479 e. The van der Waals surface area contributed by atoms with Crippen LogP contribution in [0.4, 0.5) is 0 Å². The van der Waals surface area contributed by atoms with Crippen LogP contribution >= 0.6 is 0 Å². The van der Waals surface area contributed by atoms with E-state index in [-0.39, 0.29) is 18.4 Å². The molecule has 8 heteroatoms. The molecule has 0 aromatic carbocycles. The minimum absolute atomic E-state index is 0.156. The summed E-state index contributed by atoms with van der Waals surface area (Å²) in [7, 11) is 1.35. The van der Waals surface area contributed by atoms with Crippen molar-refractivity contribution in [1.82, 2.24) is 9.80 Å². The lowest BCUT2D eigenvalue weighted by Crippen LogP contribution is -2.52. The molecule has 2 fully saturated rings. The number of rotatable bonds is 4. The number of aliphatic carboxylic acids is 1. The smallest absolute Gasteiger partial charge is 0.332 e. The van der Waals surface area contributed by atoms with Crippen LogP contribution in [0.25, 0.3) is 0 Å². The van der Waals surface area contributed by atoms with Crippen molar-refractivity contribution in [3.63, 3.8) is 0 Å². The summed E-state index contributed by atoms with van der Waals surface area (Å²) in [5.74, 6) is -1.47. The normalized spacial score (nSPS) is 26.6. The summed E-state index contributed by atoms with van der Waals surface area (Å²) in [6.45, 7) is 2.42. The van der Waals surface area contributed by atoms with Crippen molar-refractivity contribution in [1.29, 1.82) is 0 Å². The zero-order valence-electron chi connectivity index (χ0n) is 12.0. The Kier molecular flexibility index (Phi) is 5.13. The van der Waals surface area contributed by atoms with Gasteiger partial charge in [-0.05, 0) is 12.8 Å². The third-order valence-electron chi connectivity index (χ3n) is 3.83. The van der Waals surface area contributed by atoms with Gasteiger partial charge in [0.05, 0.1) is 13.7 Å². The van der Waals surface area contributed by atoms with Crippen LogP contribution in [0.3, 0.4) is 0 Å². The van der Waals surface area contributed by atoms with E-state index in [2.05, 4.69) is 4.74 Å². The van der Waals surface area contributed by atoms with E-state index in [1.54, 1.807) is 4.90 Å². The summed E-state index contributed by atoms with van der Waals surface area (Å²) < 4.78 is 9.87. The van der Waals surface area contributed by atoms with Gasteiger partial charge in [0.15, 0.2) is 6.10 Å². The van der Waals surface area contributed by atoms with Crippen molar-refractivity contribution < 1.29 is 29.0 Å². The molecule has 0 saturated carbocycles. The number of esters is 1. The first-order valence-electron chi connectivity index (χ1n) is 6.97. The molecule has 2 rings (SSSR count). The van der Waals surface area contributed by atoms with Crippen LogP contribution in [-0.4, -0.2) is 84.8 Å². The first-order chi connectivity index (χ1) is 10.0. The molecule has 0 spiro atoms. The second-order valence-electron chi connectivity index (χ2n) is 5.21. The molecule has 2 saturated heterocycles. The molecule has 0 unspecified atom stereocenters. The van der Waals surface area contributed by atoms with Gasteiger partial charge in [-0.15, -0.1) is 0 Å². The highest BCUT2D eigenvalue weighted by Gasteiger charge is 2.37. The minimum atomic E-state index is -1.02. The van der Waals surface area contributed by atoms with Crippen LogP contribution in [0.15, 0.2) is 0 Å². The van der Waals surface area contributed by atoms with Crippen molar-refractivity contribution in [3.05, 3.63) is 0 Å². The molecular formula is C13H20N2O6. The van der Waals surface area contributed by atoms with E-state index in [4.69, 9.17) is 9.84 Å². The van der Waals surface area contributed by atoms with Crippen molar-refractivity contribution in [2.24, 2.45) is 0 Å². The fourth-order valence-corrected chi connectivity index (χ4v) is 2.58. The molecule has 1 N–H and O–H groups in total. The first kappa shape index (κ1) is 15.7. The van der Waals surface area contributed by atoms with E-state index < -0.39 is 18.2 Å². The molecule has 0 aliphatic carbocycles. The Bertz CT molecular complexity index is 419. The van der Waals surface area contributed by atoms with E-state index >= 15 is 0 Å². The topological polar surface area (TPSA) is 96.4 Å². The predicted octanol–water partition coefficient (Wildman–Crippen LogP) is -1.06. The first-order valence-corrected chi connectivity index (χ1v) is 6.97. The molecule has 2 atom stereocenters. The Morgan fingerprint density at radius 2 is 1.76 bits per heavy atom. The number of hydrogen-bond acceptors (Lipinski definition) is 6. The standard InChI is InChI=1S/C13H20N2O6/c1-20-11(16)8-14-4-6-15(7-5-14)12(17)9-2-3-10(21-9)13(18)19/h9-10H,2-8H2,1H3,(H,18,19)/t9-,10+/m0/s1. The molecule has 0 aromatic rings. The van der Waals surface area contributed by atoms with Gasteiger partial charge in [0.2, 0.25) is 0 Å². The van der Waals surface area contributed by atoms with Gasteiger partial charge in [0, 0.05) is 26.2 Å². The van der Waals surface area contributed by atoms with Gasteiger partial charge >= 0.3 is 11.9 Å². The summed E-state index contributed by atoms with van der Waals surface area (Å²) in [5, 5.41) is 8.86. The van der Waals surface area contributed by atoms with Crippen LogP contribution in [0.5, 0.6) is 0 Å². The Balaban J connectivity index is 1.78. The Labute approximate surface area is 122 Å². The highest BCUT2D eigenvalue weighted by atomic mass is 16.5. The number of nitrogens with zero attached hydrogens (tertiary/aromatic N) is 2. The summed E-state index contributed by atoms with van der Waals surface area (Å²) in [6.07, 6.45) is -0.718. The maximum atomic E-state index is 12.3. The second-order valence-corrected chi connectivity index (χ2v) is 5.21. The number of carboxylic acid groups (broad SMARTS) is 1. The van der Waals surface area contributed by atoms with Crippen molar-refractivity contribution in [3.8, 4) is 0 Å².